The van der Waals surface area contributed by atoms with Crippen LogP contribution in [0.15, 0.2) is 28.7 Å². The fourth-order valence-corrected chi connectivity index (χ4v) is 3.84. The molecule has 1 aliphatic carbocycles. The van der Waals surface area contributed by atoms with Gasteiger partial charge in [0.2, 0.25) is 0 Å². The van der Waals surface area contributed by atoms with Gasteiger partial charge in [-0.3, -0.25) is 0 Å². The molecule has 0 amide bonds. The Morgan fingerprint density at radius 1 is 0.880 bits per heavy atom. The van der Waals surface area contributed by atoms with Crippen molar-refractivity contribution in [2.75, 3.05) is 0 Å². The van der Waals surface area contributed by atoms with Crippen molar-refractivity contribution < 1.29 is 14.6 Å². The van der Waals surface area contributed by atoms with Gasteiger partial charge in [0.05, 0.1) is 0 Å². The fourth-order valence-electron chi connectivity index (χ4n) is 3.84. The van der Waals surface area contributed by atoms with Gasteiger partial charge in [0.1, 0.15) is 0 Å². The average molecular weight is 346 g/mol. The number of hydrogen-bond donors (Lipinski definition) is 0. The molecule has 3 heteroatoms. The molecule has 0 atom stereocenters. The summed E-state index contributed by atoms with van der Waals surface area (Å²) in [7, 11) is 0. The quantitative estimate of drug-likeness (QED) is 0.439. The van der Waals surface area contributed by atoms with E-state index in [1.807, 2.05) is 26.0 Å². The second-order valence-electron chi connectivity index (χ2n) is 6.98. The Balaban J connectivity index is 0.000000784. The van der Waals surface area contributed by atoms with Crippen molar-refractivity contribution in [1.82, 2.24) is 0 Å². The van der Waals surface area contributed by atoms with Crippen molar-refractivity contribution in [2.24, 2.45) is 5.92 Å². The molecule has 4 rings (SSSR count). The Labute approximate surface area is 149 Å². The maximum Gasteiger partial charge on any atom is 0.171 e. The number of halogens is 2. The van der Waals surface area contributed by atoms with Gasteiger partial charge < -0.3 is 4.42 Å². The third kappa shape index (κ3) is 3.05. The van der Waals surface area contributed by atoms with Crippen molar-refractivity contribution in [3.05, 3.63) is 47.0 Å². The van der Waals surface area contributed by atoms with Crippen LogP contribution in [0, 0.1) is 24.5 Å². The van der Waals surface area contributed by atoms with Crippen molar-refractivity contribution in [1.29, 1.82) is 0 Å². The lowest BCUT2D eigenvalue weighted by molar-refractivity contribution is 0.342. The van der Waals surface area contributed by atoms with E-state index < -0.39 is 5.82 Å². The summed E-state index contributed by atoms with van der Waals surface area (Å²) < 4.78 is 34.9. The SMILES string of the molecule is CC.Cc1ccc2c(oc3c(F)c(C4CCC(C)CC4)ccc32)c1F.[HH]. The number of furan rings is 1. The molecule has 0 bridgehead atoms. The summed E-state index contributed by atoms with van der Waals surface area (Å²) >= 11 is 0. The Morgan fingerprint density at radius 3 is 2.08 bits per heavy atom. The molecule has 1 saturated carbocycles. The molecular formula is C22H28F2O. The van der Waals surface area contributed by atoms with Crippen molar-refractivity contribution in [3.8, 4) is 0 Å². The van der Waals surface area contributed by atoms with Gasteiger partial charge in [-0.25, -0.2) is 8.78 Å². The summed E-state index contributed by atoms with van der Waals surface area (Å²) in [6, 6.07) is 7.26. The third-order valence-electron chi connectivity index (χ3n) is 5.37. The lowest BCUT2D eigenvalue weighted by atomic mass is 9.79. The molecule has 0 N–H and O–H groups in total. The molecule has 3 aromatic rings. The molecule has 0 unspecified atom stereocenters. The minimum Gasteiger partial charge on any atom is -0.450 e. The molecule has 2 aromatic carbocycles. The first-order valence-corrected chi connectivity index (χ1v) is 9.36. The second kappa shape index (κ2) is 7.15. The second-order valence-corrected chi connectivity index (χ2v) is 6.98. The first kappa shape index (κ1) is 17.9. The van der Waals surface area contributed by atoms with Gasteiger partial charge in [-0.2, -0.15) is 0 Å². The van der Waals surface area contributed by atoms with Crippen molar-refractivity contribution >= 4 is 21.9 Å². The monoisotopic (exact) mass is 346 g/mol. The number of hydrogen-bond acceptors (Lipinski definition) is 1. The number of aryl methyl sites for hydroxylation is 1. The van der Waals surface area contributed by atoms with E-state index in [1.165, 1.54) is 0 Å². The standard InChI is InChI=1S/C20H20F2O.C2H6.H2/c1-11-3-6-13(7-4-11)14-9-10-16-15-8-5-12(2)17(21)19(15)23-20(16)18(14)22;1-2;/h5,8-11,13H,3-4,6-7H2,1-2H3;1-2H3;1H. The molecular weight excluding hydrogens is 318 g/mol. The number of rotatable bonds is 1. The van der Waals surface area contributed by atoms with E-state index in [4.69, 9.17) is 4.42 Å². The zero-order chi connectivity index (χ0) is 18.1. The van der Waals surface area contributed by atoms with E-state index in [2.05, 4.69) is 6.92 Å². The van der Waals surface area contributed by atoms with E-state index in [0.29, 0.717) is 16.3 Å². The number of benzene rings is 2. The van der Waals surface area contributed by atoms with Crippen LogP contribution in [0.4, 0.5) is 8.78 Å². The highest BCUT2D eigenvalue weighted by molar-refractivity contribution is 6.05. The summed E-state index contributed by atoms with van der Waals surface area (Å²) in [5.41, 5.74) is 1.59. The minimum atomic E-state index is -0.397. The zero-order valence-electron chi connectivity index (χ0n) is 15.5. The number of fused-ring (bicyclic) bond motifs is 3. The van der Waals surface area contributed by atoms with Crippen LogP contribution in [0.5, 0.6) is 0 Å². The molecule has 0 aliphatic heterocycles. The summed E-state index contributed by atoms with van der Waals surface area (Å²) in [6.45, 7) is 7.94. The van der Waals surface area contributed by atoms with Gasteiger partial charge in [-0.1, -0.05) is 51.8 Å². The van der Waals surface area contributed by atoms with E-state index in [0.717, 1.165) is 37.2 Å². The summed E-state index contributed by atoms with van der Waals surface area (Å²) in [5, 5.41) is 1.30. The normalized spacial score (nSPS) is 20.6. The third-order valence-corrected chi connectivity index (χ3v) is 5.37. The smallest absolute Gasteiger partial charge is 0.171 e. The minimum absolute atomic E-state index is 0. The highest BCUT2D eigenvalue weighted by atomic mass is 19.1. The predicted octanol–water partition coefficient (Wildman–Crippen LogP) is 7.74. The molecule has 136 valence electrons. The van der Waals surface area contributed by atoms with Crippen LogP contribution in [0.3, 0.4) is 0 Å². The molecule has 0 saturated heterocycles. The fraction of sp³-hybridized carbons (Fsp3) is 0.455. The van der Waals surface area contributed by atoms with Gasteiger partial charge in [0, 0.05) is 12.2 Å². The van der Waals surface area contributed by atoms with Gasteiger partial charge >= 0.3 is 0 Å². The van der Waals surface area contributed by atoms with Crippen molar-refractivity contribution in [3.63, 3.8) is 0 Å². The highest BCUT2D eigenvalue weighted by Gasteiger charge is 2.25. The van der Waals surface area contributed by atoms with Crippen LogP contribution in [0.2, 0.25) is 0 Å². The Morgan fingerprint density at radius 2 is 1.44 bits per heavy atom. The molecule has 0 spiro atoms. The zero-order valence-corrected chi connectivity index (χ0v) is 15.5. The van der Waals surface area contributed by atoms with Gasteiger partial charge in [0.15, 0.2) is 22.8 Å². The molecule has 1 aromatic heterocycles. The van der Waals surface area contributed by atoms with E-state index in [-0.39, 0.29) is 24.3 Å². The maximum atomic E-state index is 15.0. The maximum absolute atomic E-state index is 15.0. The Kier molecular flexibility index (Phi) is 5.12. The average Bonchev–Trinajstić information content (AvgIpc) is 3.02. The molecule has 1 nitrogen and oxygen atoms in total. The van der Waals surface area contributed by atoms with Crippen LogP contribution in [0.1, 0.15) is 64.9 Å². The lowest BCUT2D eigenvalue weighted by Gasteiger charge is -2.26. The van der Waals surface area contributed by atoms with Crippen LogP contribution < -0.4 is 0 Å². The largest absolute Gasteiger partial charge is 0.450 e. The summed E-state index contributed by atoms with van der Waals surface area (Å²) in [4.78, 5) is 0. The molecule has 25 heavy (non-hydrogen) atoms. The van der Waals surface area contributed by atoms with E-state index in [9.17, 15) is 4.39 Å². The van der Waals surface area contributed by atoms with Crippen LogP contribution in [0.25, 0.3) is 21.9 Å². The highest BCUT2D eigenvalue weighted by Crippen LogP contribution is 2.40. The molecule has 1 fully saturated rings. The van der Waals surface area contributed by atoms with Gasteiger partial charge in [-0.15, -0.1) is 0 Å². The Hall–Kier alpha value is -1.90. The summed E-state index contributed by atoms with van der Waals surface area (Å²) in [6.07, 6.45) is 4.29. The topological polar surface area (TPSA) is 13.1 Å². The van der Waals surface area contributed by atoms with Crippen molar-refractivity contribution in [2.45, 2.75) is 59.3 Å². The molecule has 0 radical (unpaired) electrons. The first-order valence-electron chi connectivity index (χ1n) is 9.36. The molecule has 1 aliphatic rings. The van der Waals surface area contributed by atoms with E-state index in [1.54, 1.807) is 19.1 Å². The predicted molar refractivity (Wildman–Crippen MR) is 102 cm³/mol. The molecule has 1 heterocycles. The van der Waals surface area contributed by atoms with Gasteiger partial charge in [-0.05, 0) is 48.8 Å². The van der Waals surface area contributed by atoms with E-state index >= 15 is 4.39 Å². The van der Waals surface area contributed by atoms with Crippen LogP contribution in [-0.2, 0) is 0 Å². The Bertz CT molecular complexity index is 892. The summed E-state index contributed by atoms with van der Waals surface area (Å²) in [5.74, 6) is 0.262. The lowest BCUT2D eigenvalue weighted by Crippen LogP contribution is -2.12. The van der Waals surface area contributed by atoms with Crippen LogP contribution >= 0.6 is 0 Å². The first-order chi connectivity index (χ1) is 12.1. The van der Waals surface area contributed by atoms with Gasteiger partial charge in [0.25, 0.3) is 0 Å². The van der Waals surface area contributed by atoms with Crippen LogP contribution in [-0.4, -0.2) is 0 Å².